The summed E-state index contributed by atoms with van der Waals surface area (Å²) in [6.45, 7) is 3.21. The fourth-order valence-electron chi connectivity index (χ4n) is 1.50. The van der Waals surface area contributed by atoms with Crippen LogP contribution < -0.4 is 11.3 Å². The van der Waals surface area contributed by atoms with Crippen LogP contribution in [0.4, 0.5) is 0 Å². The highest BCUT2D eigenvalue weighted by atomic mass is 16.5. The Bertz CT molecular complexity index is 375. The van der Waals surface area contributed by atoms with Crippen LogP contribution in [-0.4, -0.2) is 56.5 Å². The molecule has 1 aromatic heterocycles. The lowest BCUT2D eigenvalue weighted by Crippen LogP contribution is -2.30. The second kappa shape index (κ2) is 8.59. The van der Waals surface area contributed by atoms with Crippen molar-refractivity contribution in [1.82, 2.24) is 15.5 Å². The van der Waals surface area contributed by atoms with Gasteiger partial charge >= 0.3 is 0 Å². The van der Waals surface area contributed by atoms with Gasteiger partial charge in [-0.15, -0.1) is 0 Å². The maximum atomic E-state index is 11.2. The molecule has 0 aliphatic rings. The summed E-state index contributed by atoms with van der Waals surface area (Å²) in [5, 5.41) is 3.64. The zero-order chi connectivity index (χ0) is 14.1. The first-order chi connectivity index (χ1) is 9.21. The van der Waals surface area contributed by atoms with Crippen LogP contribution in [0, 0.1) is 0 Å². The molecule has 0 atom stereocenters. The van der Waals surface area contributed by atoms with E-state index in [1.54, 1.807) is 20.3 Å². The first kappa shape index (κ1) is 15.6. The zero-order valence-corrected chi connectivity index (χ0v) is 11.2. The van der Waals surface area contributed by atoms with Crippen LogP contribution in [0.5, 0.6) is 0 Å². The van der Waals surface area contributed by atoms with Gasteiger partial charge in [-0.1, -0.05) is 5.16 Å². The second-order valence-electron chi connectivity index (χ2n) is 3.91. The summed E-state index contributed by atoms with van der Waals surface area (Å²) in [5.74, 6) is 5.13. The van der Waals surface area contributed by atoms with Gasteiger partial charge < -0.3 is 14.0 Å². The molecule has 1 aromatic rings. The smallest absolute Gasteiger partial charge is 0.287 e. The summed E-state index contributed by atoms with van der Waals surface area (Å²) in [6.07, 6.45) is 0. The van der Waals surface area contributed by atoms with Gasteiger partial charge in [-0.2, -0.15) is 0 Å². The van der Waals surface area contributed by atoms with E-state index in [9.17, 15) is 4.79 Å². The Labute approximate surface area is 111 Å². The molecule has 8 heteroatoms. The average Bonchev–Trinajstić information content (AvgIpc) is 2.89. The number of carbonyl (C=O) groups is 1. The highest BCUT2D eigenvalue weighted by molar-refractivity contribution is 5.91. The third kappa shape index (κ3) is 5.35. The third-order valence-electron chi connectivity index (χ3n) is 2.53. The van der Waals surface area contributed by atoms with E-state index in [1.165, 1.54) is 0 Å². The van der Waals surface area contributed by atoms with Crippen LogP contribution in [-0.2, 0) is 16.0 Å². The van der Waals surface area contributed by atoms with Gasteiger partial charge in [-0.25, -0.2) is 5.84 Å². The Balaban J connectivity index is 2.56. The second-order valence-corrected chi connectivity index (χ2v) is 3.91. The maximum Gasteiger partial charge on any atom is 0.287 e. The van der Waals surface area contributed by atoms with Crippen molar-refractivity contribution in [2.24, 2.45) is 5.84 Å². The number of rotatable bonds is 9. The Hall–Kier alpha value is -1.48. The lowest BCUT2D eigenvalue weighted by Gasteiger charge is -2.19. The number of hydrogen-bond acceptors (Lipinski definition) is 7. The van der Waals surface area contributed by atoms with Crippen molar-refractivity contribution >= 4 is 5.91 Å². The predicted octanol–water partition coefficient (Wildman–Crippen LogP) is -0.627. The summed E-state index contributed by atoms with van der Waals surface area (Å²) < 4.78 is 15.2. The molecule has 0 aliphatic heterocycles. The van der Waals surface area contributed by atoms with Crippen molar-refractivity contribution in [3.63, 3.8) is 0 Å². The van der Waals surface area contributed by atoms with Gasteiger partial charge in [0.2, 0.25) is 0 Å². The molecule has 0 saturated heterocycles. The van der Waals surface area contributed by atoms with Crippen molar-refractivity contribution in [3.05, 3.63) is 17.5 Å². The summed E-state index contributed by atoms with van der Waals surface area (Å²) >= 11 is 0. The van der Waals surface area contributed by atoms with Gasteiger partial charge in [0.15, 0.2) is 11.5 Å². The van der Waals surface area contributed by atoms with Gasteiger partial charge in [0, 0.05) is 33.4 Å². The number of nitrogens with one attached hydrogen (secondary N) is 1. The molecule has 8 nitrogen and oxygen atoms in total. The van der Waals surface area contributed by atoms with Crippen LogP contribution in [0.25, 0.3) is 0 Å². The highest BCUT2D eigenvalue weighted by Gasteiger charge is 2.14. The molecule has 1 heterocycles. The molecule has 1 rings (SSSR count). The molecule has 0 unspecified atom stereocenters. The lowest BCUT2D eigenvalue weighted by molar-refractivity contribution is 0.0943. The van der Waals surface area contributed by atoms with Crippen molar-refractivity contribution in [1.29, 1.82) is 0 Å². The van der Waals surface area contributed by atoms with Gasteiger partial charge in [-0.05, 0) is 0 Å². The number of amides is 1. The van der Waals surface area contributed by atoms with E-state index in [0.29, 0.717) is 25.5 Å². The average molecular weight is 272 g/mol. The van der Waals surface area contributed by atoms with Gasteiger partial charge in [0.05, 0.1) is 19.8 Å². The molecule has 0 aliphatic carbocycles. The quantitative estimate of drug-likeness (QED) is 0.350. The summed E-state index contributed by atoms with van der Waals surface area (Å²) in [6, 6.07) is 1.56. The number of nitrogens with two attached hydrogens (primary N) is 1. The number of nitrogen functional groups attached to an aromatic ring is 1. The molecule has 0 fully saturated rings. The van der Waals surface area contributed by atoms with Crippen LogP contribution in [0.15, 0.2) is 10.6 Å². The standard InChI is InChI=1S/C11H20N4O4/c1-17-5-3-15(4-6-18-2)8-9-7-10(14-19-9)11(16)13-12/h7H,3-6,8,12H2,1-2H3,(H,13,16). The molecule has 19 heavy (non-hydrogen) atoms. The van der Waals surface area contributed by atoms with Gasteiger partial charge in [0.1, 0.15) is 0 Å². The fraction of sp³-hybridized carbons (Fsp3) is 0.636. The van der Waals surface area contributed by atoms with E-state index in [1.807, 2.05) is 5.43 Å². The SMILES string of the molecule is COCCN(CCOC)Cc1cc(C(=O)NN)no1. The molecular weight excluding hydrogens is 252 g/mol. The number of hydrazine groups is 1. The first-order valence-corrected chi connectivity index (χ1v) is 5.88. The van der Waals surface area contributed by atoms with E-state index < -0.39 is 5.91 Å². The molecule has 108 valence electrons. The summed E-state index contributed by atoms with van der Waals surface area (Å²) in [5.41, 5.74) is 2.16. The minimum absolute atomic E-state index is 0.163. The first-order valence-electron chi connectivity index (χ1n) is 5.88. The minimum Gasteiger partial charge on any atom is -0.383 e. The van der Waals surface area contributed by atoms with Crippen molar-refractivity contribution in [2.75, 3.05) is 40.5 Å². The van der Waals surface area contributed by atoms with E-state index in [2.05, 4.69) is 10.1 Å². The van der Waals surface area contributed by atoms with E-state index in [0.717, 1.165) is 13.1 Å². The topological polar surface area (TPSA) is 103 Å². The van der Waals surface area contributed by atoms with Crippen molar-refractivity contribution in [3.8, 4) is 0 Å². The number of nitrogens with zero attached hydrogens (tertiary/aromatic N) is 2. The molecule has 1 amide bonds. The van der Waals surface area contributed by atoms with E-state index >= 15 is 0 Å². The Morgan fingerprint density at radius 1 is 1.42 bits per heavy atom. The molecule has 0 bridgehead atoms. The van der Waals surface area contributed by atoms with E-state index in [-0.39, 0.29) is 5.69 Å². The minimum atomic E-state index is -0.477. The molecule has 0 spiro atoms. The molecule has 0 saturated carbocycles. The normalized spacial score (nSPS) is 10.9. The maximum absolute atomic E-state index is 11.2. The lowest BCUT2D eigenvalue weighted by atomic mass is 10.3. The number of ether oxygens (including phenoxy) is 2. The zero-order valence-electron chi connectivity index (χ0n) is 11.2. The Morgan fingerprint density at radius 2 is 2.05 bits per heavy atom. The summed E-state index contributed by atoms with van der Waals surface area (Å²) in [4.78, 5) is 13.3. The largest absolute Gasteiger partial charge is 0.383 e. The van der Waals surface area contributed by atoms with Crippen molar-refractivity contribution < 1.29 is 18.8 Å². The van der Waals surface area contributed by atoms with Gasteiger partial charge in [-0.3, -0.25) is 15.1 Å². The number of aromatic nitrogens is 1. The predicted molar refractivity (Wildman–Crippen MR) is 67.2 cm³/mol. The highest BCUT2D eigenvalue weighted by Crippen LogP contribution is 2.07. The number of carbonyl (C=O) groups excluding carboxylic acids is 1. The Kier molecular flexibility index (Phi) is 7.04. The molecular formula is C11H20N4O4. The fourth-order valence-corrected chi connectivity index (χ4v) is 1.50. The number of methoxy groups -OCH3 is 2. The molecule has 0 radical (unpaired) electrons. The monoisotopic (exact) mass is 272 g/mol. The third-order valence-corrected chi connectivity index (χ3v) is 2.53. The van der Waals surface area contributed by atoms with E-state index in [4.69, 9.17) is 19.8 Å². The van der Waals surface area contributed by atoms with Crippen LogP contribution in [0.2, 0.25) is 0 Å². The van der Waals surface area contributed by atoms with Crippen molar-refractivity contribution in [2.45, 2.75) is 6.54 Å². The van der Waals surface area contributed by atoms with Crippen LogP contribution in [0.1, 0.15) is 16.2 Å². The van der Waals surface area contributed by atoms with Crippen LogP contribution in [0.3, 0.4) is 0 Å². The number of hydrogen-bond donors (Lipinski definition) is 2. The molecule has 0 aromatic carbocycles. The Morgan fingerprint density at radius 3 is 2.58 bits per heavy atom. The van der Waals surface area contributed by atoms with Crippen LogP contribution >= 0.6 is 0 Å². The summed E-state index contributed by atoms with van der Waals surface area (Å²) in [7, 11) is 3.29. The molecule has 3 N–H and O–H groups in total. The van der Waals surface area contributed by atoms with Gasteiger partial charge in [0.25, 0.3) is 5.91 Å².